The van der Waals surface area contributed by atoms with E-state index in [2.05, 4.69) is 0 Å². The SMILES string of the molecule is CCN(CCC(=O)O)C(=O)c1cc(F)ccc1C. The summed E-state index contributed by atoms with van der Waals surface area (Å²) < 4.78 is 13.1. The molecule has 0 spiro atoms. The molecule has 0 aliphatic rings. The lowest BCUT2D eigenvalue weighted by Gasteiger charge is -2.21. The highest BCUT2D eigenvalue weighted by molar-refractivity contribution is 5.95. The lowest BCUT2D eigenvalue weighted by Crippen LogP contribution is -2.33. The van der Waals surface area contributed by atoms with Gasteiger partial charge in [0, 0.05) is 18.7 Å². The normalized spacial score (nSPS) is 10.2. The number of benzene rings is 1. The quantitative estimate of drug-likeness (QED) is 0.874. The molecule has 1 N–H and O–H groups in total. The van der Waals surface area contributed by atoms with Crippen molar-refractivity contribution in [3.05, 3.63) is 35.1 Å². The number of hydrogen-bond acceptors (Lipinski definition) is 2. The van der Waals surface area contributed by atoms with E-state index in [1.165, 1.54) is 23.1 Å². The zero-order chi connectivity index (χ0) is 13.7. The third-order valence-corrected chi connectivity index (χ3v) is 2.69. The Kier molecular flexibility index (Phi) is 4.83. The Balaban J connectivity index is 2.89. The predicted molar refractivity (Wildman–Crippen MR) is 65.0 cm³/mol. The summed E-state index contributed by atoms with van der Waals surface area (Å²) in [6, 6.07) is 4.01. The van der Waals surface area contributed by atoms with Crippen molar-refractivity contribution in [1.29, 1.82) is 0 Å². The molecule has 0 radical (unpaired) electrons. The third-order valence-electron chi connectivity index (χ3n) is 2.69. The number of rotatable bonds is 5. The Labute approximate surface area is 105 Å². The average Bonchev–Trinajstić information content (AvgIpc) is 2.32. The first kappa shape index (κ1) is 14.2. The average molecular weight is 253 g/mol. The zero-order valence-corrected chi connectivity index (χ0v) is 10.4. The maximum atomic E-state index is 13.1. The molecule has 0 atom stereocenters. The largest absolute Gasteiger partial charge is 0.481 e. The summed E-state index contributed by atoms with van der Waals surface area (Å²) >= 11 is 0. The van der Waals surface area contributed by atoms with Crippen molar-refractivity contribution in [3.63, 3.8) is 0 Å². The molecular formula is C13H16FNO3. The van der Waals surface area contributed by atoms with Crippen molar-refractivity contribution in [2.24, 2.45) is 0 Å². The van der Waals surface area contributed by atoms with Crippen LogP contribution < -0.4 is 0 Å². The summed E-state index contributed by atoms with van der Waals surface area (Å²) in [5.41, 5.74) is 0.956. The second kappa shape index (κ2) is 6.14. The Morgan fingerprint density at radius 3 is 2.61 bits per heavy atom. The van der Waals surface area contributed by atoms with Gasteiger partial charge in [-0.05, 0) is 31.5 Å². The van der Waals surface area contributed by atoms with Crippen LogP contribution in [0, 0.1) is 12.7 Å². The Bertz CT molecular complexity index is 460. The van der Waals surface area contributed by atoms with Gasteiger partial charge in [0.15, 0.2) is 0 Å². The highest BCUT2D eigenvalue weighted by Crippen LogP contribution is 2.13. The van der Waals surface area contributed by atoms with Crippen molar-refractivity contribution < 1.29 is 19.1 Å². The highest BCUT2D eigenvalue weighted by Gasteiger charge is 2.17. The van der Waals surface area contributed by atoms with E-state index in [0.29, 0.717) is 12.1 Å². The van der Waals surface area contributed by atoms with E-state index in [9.17, 15) is 14.0 Å². The highest BCUT2D eigenvalue weighted by atomic mass is 19.1. The summed E-state index contributed by atoms with van der Waals surface area (Å²) in [4.78, 5) is 24.0. The third kappa shape index (κ3) is 3.55. The smallest absolute Gasteiger partial charge is 0.305 e. The van der Waals surface area contributed by atoms with Crippen molar-refractivity contribution in [2.45, 2.75) is 20.3 Å². The molecule has 0 aliphatic carbocycles. The first-order valence-electron chi connectivity index (χ1n) is 5.73. The van der Waals surface area contributed by atoms with Gasteiger partial charge in [-0.1, -0.05) is 6.07 Å². The number of amides is 1. The van der Waals surface area contributed by atoms with Gasteiger partial charge in [-0.3, -0.25) is 9.59 Å². The van der Waals surface area contributed by atoms with Gasteiger partial charge in [-0.25, -0.2) is 4.39 Å². The van der Waals surface area contributed by atoms with Crippen LogP contribution in [0.25, 0.3) is 0 Å². The van der Waals surface area contributed by atoms with Crippen LogP contribution in [-0.2, 0) is 4.79 Å². The van der Waals surface area contributed by atoms with Gasteiger partial charge < -0.3 is 10.0 Å². The monoisotopic (exact) mass is 253 g/mol. The van der Waals surface area contributed by atoms with E-state index in [1.54, 1.807) is 13.8 Å². The van der Waals surface area contributed by atoms with Crippen LogP contribution in [0.3, 0.4) is 0 Å². The van der Waals surface area contributed by atoms with Crippen molar-refractivity contribution in [2.75, 3.05) is 13.1 Å². The summed E-state index contributed by atoms with van der Waals surface area (Å²) in [5, 5.41) is 8.61. The number of carboxylic acids is 1. The van der Waals surface area contributed by atoms with Crippen LogP contribution >= 0.6 is 0 Å². The van der Waals surface area contributed by atoms with Gasteiger partial charge >= 0.3 is 5.97 Å². The minimum Gasteiger partial charge on any atom is -0.481 e. The topological polar surface area (TPSA) is 57.6 Å². The Hall–Kier alpha value is -1.91. The maximum absolute atomic E-state index is 13.1. The molecule has 0 fully saturated rings. The molecule has 0 saturated heterocycles. The first-order valence-corrected chi connectivity index (χ1v) is 5.73. The second-order valence-electron chi connectivity index (χ2n) is 3.99. The lowest BCUT2D eigenvalue weighted by molar-refractivity contribution is -0.137. The number of halogens is 1. The Morgan fingerprint density at radius 1 is 1.39 bits per heavy atom. The molecular weight excluding hydrogens is 237 g/mol. The number of aliphatic carboxylic acids is 1. The molecule has 98 valence electrons. The molecule has 1 rings (SSSR count). The summed E-state index contributed by atoms with van der Waals surface area (Å²) in [7, 11) is 0. The van der Waals surface area contributed by atoms with Gasteiger partial charge in [0.05, 0.1) is 6.42 Å². The fraction of sp³-hybridized carbons (Fsp3) is 0.385. The molecule has 0 heterocycles. The first-order chi connectivity index (χ1) is 8.45. The molecule has 5 heteroatoms. The lowest BCUT2D eigenvalue weighted by atomic mass is 10.1. The summed E-state index contributed by atoms with van der Waals surface area (Å²) in [6.45, 7) is 3.99. The fourth-order valence-corrected chi connectivity index (χ4v) is 1.63. The van der Waals surface area contributed by atoms with Crippen LogP contribution in [0.2, 0.25) is 0 Å². The zero-order valence-electron chi connectivity index (χ0n) is 10.4. The van der Waals surface area contributed by atoms with Crippen molar-refractivity contribution >= 4 is 11.9 Å². The molecule has 1 amide bonds. The number of aryl methyl sites for hydroxylation is 1. The summed E-state index contributed by atoms with van der Waals surface area (Å²) in [5.74, 6) is -1.77. The number of nitrogens with zero attached hydrogens (tertiary/aromatic N) is 1. The number of carboxylic acid groups (broad SMARTS) is 1. The van der Waals surface area contributed by atoms with E-state index in [0.717, 1.165) is 0 Å². The van der Waals surface area contributed by atoms with Gasteiger partial charge in [0.1, 0.15) is 5.82 Å². The van der Waals surface area contributed by atoms with E-state index >= 15 is 0 Å². The van der Waals surface area contributed by atoms with E-state index in [-0.39, 0.29) is 24.4 Å². The van der Waals surface area contributed by atoms with Crippen molar-refractivity contribution in [3.8, 4) is 0 Å². The van der Waals surface area contributed by atoms with Crippen LogP contribution in [0.15, 0.2) is 18.2 Å². The van der Waals surface area contributed by atoms with E-state index < -0.39 is 11.8 Å². The molecule has 0 saturated carbocycles. The Morgan fingerprint density at radius 2 is 2.06 bits per heavy atom. The molecule has 1 aromatic carbocycles. The minimum absolute atomic E-state index is 0.117. The second-order valence-corrected chi connectivity index (χ2v) is 3.99. The van der Waals surface area contributed by atoms with Crippen LogP contribution in [-0.4, -0.2) is 35.0 Å². The maximum Gasteiger partial charge on any atom is 0.305 e. The van der Waals surface area contributed by atoms with Gasteiger partial charge in [0.25, 0.3) is 5.91 Å². The van der Waals surface area contributed by atoms with Crippen LogP contribution in [0.4, 0.5) is 4.39 Å². The molecule has 0 unspecified atom stereocenters. The van der Waals surface area contributed by atoms with Crippen molar-refractivity contribution in [1.82, 2.24) is 4.90 Å². The van der Waals surface area contributed by atoms with Gasteiger partial charge in [0.2, 0.25) is 0 Å². The predicted octanol–water partition coefficient (Wildman–Crippen LogP) is 2.07. The van der Waals surface area contributed by atoms with E-state index in [1.807, 2.05) is 0 Å². The van der Waals surface area contributed by atoms with E-state index in [4.69, 9.17) is 5.11 Å². The molecule has 18 heavy (non-hydrogen) atoms. The minimum atomic E-state index is -0.961. The van der Waals surface area contributed by atoms with Gasteiger partial charge in [-0.15, -0.1) is 0 Å². The fourth-order valence-electron chi connectivity index (χ4n) is 1.63. The summed E-state index contributed by atoms with van der Waals surface area (Å²) in [6.07, 6.45) is -0.117. The standard InChI is InChI=1S/C13H16FNO3/c1-3-15(7-6-12(16)17)13(18)11-8-10(14)5-4-9(11)2/h4-5,8H,3,6-7H2,1-2H3,(H,16,17). The molecule has 0 aromatic heterocycles. The molecule has 0 bridgehead atoms. The molecule has 0 aliphatic heterocycles. The molecule has 1 aromatic rings. The number of hydrogen-bond donors (Lipinski definition) is 1. The van der Waals surface area contributed by atoms with Crippen LogP contribution in [0.1, 0.15) is 29.3 Å². The molecule has 4 nitrogen and oxygen atoms in total. The van der Waals surface area contributed by atoms with Crippen LogP contribution in [0.5, 0.6) is 0 Å². The van der Waals surface area contributed by atoms with Gasteiger partial charge in [-0.2, -0.15) is 0 Å². The number of carbonyl (C=O) groups excluding carboxylic acids is 1. The number of carbonyl (C=O) groups is 2.